The minimum Gasteiger partial charge on any atom is -0.508 e. The van der Waals surface area contributed by atoms with E-state index in [1.165, 1.54) is 12.2 Å². The van der Waals surface area contributed by atoms with Crippen molar-refractivity contribution in [3.05, 3.63) is 48.8 Å². The predicted molar refractivity (Wildman–Crippen MR) is 44.9 cm³/mol. The highest BCUT2D eigenvalue weighted by molar-refractivity contribution is 5.28. The molecule has 0 aromatic rings. The van der Waals surface area contributed by atoms with Gasteiger partial charge in [0, 0.05) is 0 Å². The van der Waals surface area contributed by atoms with E-state index in [9.17, 15) is 0 Å². The van der Waals surface area contributed by atoms with Gasteiger partial charge in [-0.3, -0.25) is 0 Å². The van der Waals surface area contributed by atoms with Gasteiger partial charge in [-0.15, -0.1) is 0 Å². The summed E-state index contributed by atoms with van der Waals surface area (Å²) in [6.07, 6.45) is 6.43. The van der Waals surface area contributed by atoms with Crippen molar-refractivity contribution >= 4 is 0 Å². The fourth-order valence-electron chi connectivity index (χ4n) is 0.505. The Hall–Kier alpha value is -1.24. The van der Waals surface area contributed by atoms with Gasteiger partial charge in [0.05, 0.1) is 0 Å². The zero-order valence-corrected chi connectivity index (χ0v) is 6.17. The molecule has 1 nitrogen and oxygen atoms in total. The Labute approximate surface area is 61.7 Å². The smallest absolute Gasteiger partial charge is 0.118 e. The summed E-state index contributed by atoms with van der Waals surface area (Å²) in [5, 5.41) is 9.12. The average molecular weight is 136 g/mol. The monoisotopic (exact) mass is 136 g/mol. The van der Waals surface area contributed by atoms with E-state index in [0.717, 1.165) is 5.57 Å². The third-order valence-corrected chi connectivity index (χ3v) is 1.05. The van der Waals surface area contributed by atoms with Gasteiger partial charge in [0.25, 0.3) is 0 Å². The molecule has 0 amide bonds. The molecule has 10 heavy (non-hydrogen) atoms. The summed E-state index contributed by atoms with van der Waals surface area (Å²) in [6.45, 7) is 8.76. The number of rotatable bonds is 3. The zero-order valence-electron chi connectivity index (χ0n) is 6.17. The Kier molecular flexibility index (Phi) is 4.05. The number of hydrogen-bond acceptors (Lipinski definition) is 1. The van der Waals surface area contributed by atoms with Crippen molar-refractivity contribution in [2.24, 2.45) is 0 Å². The maximum absolute atomic E-state index is 9.12. The lowest BCUT2D eigenvalue weighted by Gasteiger charge is -1.94. The van der Waals surface area contributed by atoms with Crippen LogP contribution >= 0.6 is 0 Å². The Morgan fingerprint density at radius 3 is 2.10 bits per heavy atom. The molecular weight excluding hydrogens is 124 g/mol. The van der Waals surface area contributed by atoms with E-state index in [0.29, 0.717) is 0 Å². The number of allylic oxidation sites excluding steroid dienone is 5. The predicted octanol–water partition coefficient (Wildman–Crippen LogP) is 2.75. The number of aliphatic hydroxyl groups excluding tert-OH is 1. The van der Waals surface area contributed by atoms with Crippen LogP contribution < -0.4 is 0 Å². The van der Waals surface area contributed by atoms with Gasteiger partial charge in [0.15, 0.2) is 0 Å². The molecule has 0 rings (SSSR count). The van der Waals surface area contributed by atoms with E-state index in [1.807, 2.05) is 0 Å². The molecule has 0 bridgehead atoms. The van der Waals surface area contributed by atoms with Gasteiger partial charge >= 0.3 is 0 Å². The van der Waals surface area contributed by atoms with E-state index in [1.54, 1.807) is 19.1 Å². The Morgan fingerprint density at radius 2 is 1.70 bits per heavy atom. The Morgan fingerprint density at radius 1 is 1.20 bits per heavy atom. The molecule has 54 valence electrons. The Balaban J connectivity index is 4.33. The van der Waals surface area contributed by atoms with Gasteiger partial charge in [0.1, 0.15) is 5.76 Å². The molecule has 0 fully saturated rings. The van der Waals surface area contributed by atoms with Gasteiger partial charge in [-0.1, -0.05) is 31.4 Å². The normalized spacial score (nSPS) is 12.9. The largest absolute Gasteiger partial charge is 0.508 e. The first-order chi connectivity index (χ1) is 4.72. The molecule has 0 aromatic carbocycles. The summed E-state index contributed by atoms with van der Waals surface area (Å²) in [5.41, 5.74) is 0.787. The van der Waals surface area contributed by atoms with Gasteiger partial charge in [-0.2, -0.15) is 0 Å². The molecule has 1 heteroatoms. The third-order valence-electron chi connectivity index (χ3n) is 1.05. The lowest BCUT2D eigenvalue weighted by Crippen LogP contribution is -1.80. The molecule has 0 aliphatic rings. The summed E-state index contributed by atoms with van der Waals surface area (Å²) >= 11 is 0. The van der Waals surface area contributed by atoms with E-state index >= 15 is 0 Å². The first kappa shape index (κ1) is 8.76. The highest BCUT2D eigenvalue weighted by atomic mass is 16.3. The molecule has 0 aliphatic carbocycles. The van der Waals surface area contributed by atoms with E-state index in [4.69, 9.17) is 5.11 Å². The highest BCUT2D eigenvalue weighted by Gasteiger charge is 1.90. The van der Waals surface area contributed by atoms with Gasteiger partial charge < -0.3 is 5.11 Å². The van der Waals surface area contributed by atoms with Crippen molar-refractivity contribution in [1.29, 1.82) is 0 Å². The van der Waals surface area contributed by atoms with Crippen molar-refractivity contribution in [3.8, 4) is 0 Å². The topological polar surface area (TPSA) is 20.2 Å². The lowest BCUT2D eigenvalue weighted by atomic mass is 10.2. The van der Waals surface area contributed by atoms with Crippen LogP contribution in [0.4, 0.5) is 0 Å². The number of hydrogen-bond donors (Lipinski definition) is 1. The van der Waals surface area contributed by atoms with Crippen LogP contribution in [0, 0.1) is 0 Å². The maximum atomic E-state index is 9.12. The molecule has 0 radical (unpaired) electrons. The maximum Gasteiger partial charge on any atom is 0.118 e. The summed E-state index contributed by atoms with van der Waals surface area (Å²) in [7, 11) is 0. The van der Waals surface area contributed by atoms with Crippen LogP contribution in [0.2, 0.25) is 0 Å². The van der Waals surface area contributed by atoms with Crippen LogP contribution in [-0.4, -0.2) is 5.11 Å². The Bertz CT molecular complexity index is 163. The van der Waals surface area contributed by atoms with Gasteiger partial charge in [-0.25, -0.2) is 0 Å². The van der Waals surface area contributed by atoms with E-state index in [-0.39, 0.29) is 5.76 Å². The molecule has 0 atom stereocenters. The molecular formula is C9H12O. The summed E-state index contributed by atoms with van der Waals surface area (Å²) in [5.74, 6) is 0.231. The number of aliphatic hydroxyl groups is 1. The minimum absolute atomic E-state index is 0.231. The van der Waals surface area contributed by atoms with Crippen LogP contribution in [0.15, 0.2) is 48.8 Å². The molecule has 0 saturated heterocycles. The third kappa shape index (κ3) is 2.92. The highest BCUT2D eigenvalue weighted by Crippen LogP contribution is 2.04. The standard InChI is InChI=1S/C9H12O/c1-4-6-8(3)9(10)7-5-2/h4-7,10H,1-2H2,3H3/b8-6-,9-7+. The van der Waals surface area contributed by atoms with Gasteiger partial charge in [-0.05, 0) is 18.6 Å². The first-order valence-corrected chi connectivity index (χ1v) is 3.03. The summed E-state index contributed by atoms with van der Waals surface area (Å²) in [6, 6.07) is 0. The molecule has 0 aromatic heterocycles. The average Bonchev–Trinajstić information content (AvgIpc) is 1.89. The second-order valence-corrected chi connectivity index (χ2v) is 1.87. The molecule has 0 heterocycles. The molecule has 0 aliphatic heterocycles. The summed E-state index contributed by atoms with van der Waals surface area (Å²) in [4.78, 5) is 0. The zero-order chi connectivity index (χ0) is 7.98. The van der Waals surface area contributed by atoms with Crippen molar-refractivity contribution in [3.63, 3.8) is 0 Å². The van der Waals surface area contributed by atoms with Crippen LogP contribution in [0.5, 0.6) is 0 Å². The SMILES string of the molecule is C=C/C=C(C)\C(O)=C/C=C. The van der Waals surface area contributed by atoms with Gasteiger partial charge in [0.2, 0.25) is 0 Å². The summed E-state index contributed by atoms with van der Waals surface area (Å²) < 4.78 is 0. The molecule has 0 saturated carbocycles. The van der Waals surface area contributed by atoms with Crippen molar-refractivity contribution in [1.82, 2.24) is 0 Å². The lowest BCUT2D eigenvalue weighted by molar-refractivity contribution is 0.423. The second kappa shape index (κ2) is 4.62. The van der Waals surface area contributed by atoms with Crippen LogP contribution in [0.25, 0.3) is 0 Å². The van der Waals surface area contributed by atoms with Crippen LogP contribution in [0.3, 0.4) is 0 Å². The fraction of sp³-hybridized carbons (Fsp3) is 0.111. The van der Waals surface area contributed by atoms with E-state index in [2.05, 4.69) is 13.2 Å². The molecule has 0 spiro atoms. The minimum atomic E-state index is 0.231. The molecule has 0 unspecified atom stereocenters. The van der Waals surface area contributed by atoms with Crippen LogP contribution in [0.1, 0.15) is 6.92 Å². The second-order valence-electron chi connectivity index (χ2n) is 1.87. The van der Waals surface area contributed by atoms with Crippen molar-refractivity contribution < 1.29 is 5.11 Å². The quantitative estimate of drug-likeness (QED) is 0.467. The fourth-order valence-corrected chi connectivity index (χ4v) is 0.505. The first-order valence-electron chi connectivity index (χ1n) is 3.03. The van der Waals surface area contributed by atoms with E-state index < -0.39 is 0 Å². The van der Waals surface area contributed by atoms with Crippen LogP contribution in [-0.2, 0) is 0 Å². The van der Waals surface area contributed by atoms with Crippen molar-refractivity contribution in [2.45, 2.75) is 6.92 Å². The molecule has 1 N–H and O–H groups in total. The van der Waals surface area contributed by atoms with Crippen molar-refractivity contribution in [2.75, 3.05) is 0 Å².